The highest BCUT2D eigenvalue weighted by Gasteiger charge is 2.15. The van der Waals surface area contributed by atoms with Gasteiger partial charge in [0, 0.05) is 19.0 Å². The first-order valence-corrected chi connectivity index (χ1v) is 7.06. The van der Waals surface area contributed by atoms with Crippen molar-refractivity contribution in [2.75, 3.05) is 6.54 Å². The minimum Gasteiger partial charge on any atom is -0.548 e. The van der Waals surface area contributed by atoms with E-state index in [2.05, 4.69) is 24.5 Å². The summed E-state index contributed by atoms with van der Waals surface area (Å²) in [5.41, 5.74) is 0. The van der Waals surface area contributed by atoms with Gasteiger partial charge in [0.1, 0.15) is 0 Å². The third-order valence-electron chi connectivity index (χ3n) is 2.74. The van der Waals surface area contributed by atoms with Crippen LogP contribution in [-0.2, 0) is 9.59 Å². The van der Waals surface area contributed by atoms with E-state index in [0.717, 1.165) is 19.3 Å². The van der Waals surface area contributed by atoms with Gasteiger partial charge in [0.15, 0.2) is 0 Å². The van der Waals surface area contributed by atoms with E-state index in [9.17, 15) is 14.7 Å². The maximum absolute atomic E-state index is 11.6. The minimum atomic E-state index is -1.23. The average Bonchev–Trinajstić information content (AvgIpc) is 2.26. The van der Waals surface area contributed by atoms with Gasteiger partial charge in [-0.25, -0.2) is 0 Å². The average molecular weight is 271 g/mol. The Morgan fingerprint density at radius 1 is 1.11 bits per heavy atom. The maximum atomic E-state index is 11.6. The van der Waals surface area contributed by atoms with Crippen LogP contribution < -0.4 is 15.7 Å². The van der Waals surface area contributed by atoms with Gasteiger partial charge in [0.25, 0.3) is 0 Å². The molecule has 1 atom stereocenters. The summed E-state index contributed by atoms with van der Waals surface area (Å²) in [6, 6.07) is -0.919. The molecule has 0 aromatic carbocycles. The zero-order valence-corrected chi connectivity index (χ0v) is 12.5. The molecule has 0 aliphatic rings. The lowest BCUT2D eigenvalue weighted by atomic mass is 10.1. The SMILES string of the molecule is CC(C)CCCCNC(=O)CC(NC(C)C)C(=O)[O-]. The van der Waals surface area contributed by atoms with Crippen LogP contribution in [0.4, 0.5) is 0 Å². The number of nitrogens with one attached hydrogen (secondary N) is 2. The van der Waals surface area contributed by atoms with Crippen molar-refractivity contribution in [1.82, 2.24) is 10.6 Å². The summed E-state index contributed by atoms with van der Waals surface area (Å²) in [6.07, 6.45) is 3.07. The predicted molar refractivity (Wildman–Crippen MR) is 73.4 cm³/mol. The van der Waals surface area contributed by atoms with Crippen molar-refractivity contribution in [3.05, 3.63) is 0 Å². The second-order valence-electron chi connectivity index (χ2n) is 5.64. The lowest BCUT2D eigenvalue weighted by Gasteiger charge is -2.21. The standard InChI is InChI=1S/C14H28N2O3/c1-10(2)7-5-6-8-15-13(17)9-12(14(18)19)16-11(3)4/h10-12,16H,5-9H2,1-4H3,(H,15,17)(H,18,19)/p-1. The van der Waals surface area contributed by atoms with Crippen molar-refractivity contribution in [2.45, 2.75) is 65.5 Å². The zero-order chi connectivity index (χ0) is 14.8. The highest BCUT2D eigenvalue weighted by molar-refractivity contribution is 5.83. The fraction of sp³-hybridized carbons (Fsp3) is 0.857. The second-order valence-corrected chi connectivity index (χ2v) is 5.64. The number of carbonyl (C=O) groups is 2. The first-order valence-electron chi connectivity index (χ1n) is 7.06. The number of aliphatic carboxylic acids is 1. The van der Waals surface area contributed by atoms with E-state index in [1.807, 2.05) is 13.8 Å². The van der Waals surface area contributed by atoms with Gasteiger partial charge in [-0.15, -0.1) is 0 Å². The van der Waals surface area contributed by atoms with E-state index in [1.54, 1.807) is 0 Å². The molecule has 0 saturated heterocycles. The van der Waals surface area contributed by atoms with Gasteiger partial charge in [-0.1, -0.05) is 40.5 Å². The fourth-order valence-electron chi connectivity index (χ4n) is 1.78. The Kier molecular flexibility index (Phi) is 9.21. The van der Waals surface area contributed by atoms with E-state index < -0.39 is 12.0 Å². The van der Waals surface area contributed by atoms with Crippen LogP contribution >= 0.6 is 0 Å². The summed E-state index contributed by atoms with van der Waals surface area (Å²) in [7, 11) is 0. The Bertz CT molecular complexity index is 278. The van der Waals surface area contributed by atoms with Crippen molar-refractivity contribution in [3.63, 3.8) is 0 Å². The Morgan fingerprint density at radius 2 is 1.74 bits per heavy atom. The summed E-state index contributed by atoms with van der Waals surface area (Å²) in [6.45, 7) is 8.60. The van der Waals surface area contributed by atoms with E-state index in [1.165, 1.54) is 0 Å². The molecular formula is C14H27N2O3-. The molecule has 0 aromatic heterocycles. The van der Waals surface area contributed by atoms with Crippen molar-refractivity contribution in [1.29, 1.82) is 0 Å². The Balaban J connectivity index is 3.84. The van der Waals surface area contributed by atoms with Gasteiger partial charge in [-0.3, -0.25) is 4.79 Å². The number of rotatable bonds is 10. The molecule has 19 heavy (non-hydrogen) atoms. The molecule has 2 N–H and O–H groups in total. The van der Waals surface area contributed by atoms with Gasteiger partial charge in [-0.05, 0) is 12.3 Å². The monoisotopic (exact) mass is 271 g/mol. The van der Waals surface area contributed by atoms with Gasteiger partial charge >= 0.3 is 0 Å². The number of amides is 1. The number of hydrogen-bond donors (Lipinski definition) is 2. The first-order chi connectivity index (χ1) is 8.82. The highest BCUT2D eigenvalue weighted by Crippen LogP contribution is 2.05. The van der Waals surface area contributed by atoms with Crippen molar-refractivity contribution >= 4 is 11.9 Å². The Hall–Kier alpha value is -1.10. The second kappa shape index (κ2) is 9.78. The molecule has 0 spiro atoms. The van der Waals surface area contributed by atoms with Crippen LogP contribution in [0.25, 0.3) is 0 Å². The first kappa shape index (κ1) is 17.9. The molecule has 1 unspecified atom stereocenters. The Labute approximate surface area is 116 Å². The fourth-order valence-corrected chi connectivity index (χ4v) is 1.78. The van der Waals surface area contributed by atoms with Crippen LogP contribution in [0, 0.1) is 5.92 Å². The lowest BCUT2D eigenvalue weighted by molar-refractivity contribution is -0.308. The summed E-state index contributed by atoms with van der Waals surface area (Å²) >= 11 is 0. The molecule has 5 nitrogen and oxygen atoms in total. The maximum Gasteiger partial charge on any atom is 0.221 e. The van der Waals surface area contributed by atoms with Gasteiger partial charge in [0.05, 0.1) is 12.0 Å². The number of unbranched alkanes of at least 4 members (excludes halogenated alkanes) is 1. The van der Waals surface area contributed by atoms with Gasteiger partial charge in [-0.2, -0.15) is 0 Å². The lowest BCUT2D eigenvalue weighted by Crippen LogP contribution is -2.50. The zero-order valence-electron chi connectivity index (χ0n) is 12.5. The van der Waals surface area contributed by atoms with Crippen LogP contribution in [0.5, 0.6) is 0 Å². The van der Waals surface area contributed by atoms with Crippen molar-refractivity contribution < 1.29 is 14.7 Å². The van der Waals surface area contributed by atoms with Crippen LogP contribution in [-0.4, -0.2) is 30.5 Å². The smallest absolute Gasteiger partial charge is 0.221 e. The molecule has 5 heteroatoms. The molecule has 0 bridgehead atoms. The van der Waals surface area contributed by atoms with E-state index >= 15 is 0 Å². The molecule has 0 aliphatic heterocycles. The third kappa shape index (κ3) is 10.5. The van der Waals surface area contributed by atoms with Crippen LogP contribution in [0.1, 0.15) is 53.4 Å². The topological polar surface area (TPSA) is 81.3 Å². The van der Waals surface area contributed by atoms with E-state index in [0.29, 0.717) is 12.5 Å². The molecule has 0 aliphatic carbocycles. The highest BCUT2D eigenvalue weighted by atomic mass is 16.4. The van der Waals surface area contributed by atoms with Crippen LogP contribution in [0.15, 0.2) is 0 Å². The number of hydrogen-bond acceptors (Lipinski definition) is 4. The van der Waals surface area contributed by atoms with Gasteiger partial charge < -0.3 is 20.5 Å². The minimum absolute atomic E-state index is 0.00161. The summed E-state index contributed by atoms with van der Waals surface area (Å²) in [4.78, 5) is 22.5. The predicted octanol–water partition coefficient (Wildman–Crippen LogP) is 0.436. The van der Waals surface area contributed by atoms with Crippen molar-refractivity contribution in [3.8, 4) is 0 Å². The molecule has 1 amide bonds. The molecule has 0 radical (unpaired) electrons. The van der Waals surface area contributed by atoms with E-state index in [4.69, 9.17) is 0 Å². The van der Waals surface area contributed by atoms with Crippen LogP contribution in [0.3, 0.4) is 0 Å². The summed E-state index contributed by atoms with van der Waals surface area (Å²) in [5.74, 6) is -0.802. The van der Waals surface area contributed by atoms with Crippen LogP contribution in [0.2, 0.25) is 0 Å². The Morgan fingerprint density at radius 3 is 2.21 bits per heavy atom. The molecule has 0 rings (SSSR count). The molecular weight excluding hydrogens is 244 g/mol. The number of carbonyl (C=O) groups excluding carboxylic acids is 2. The molecule has 112 valence electrons. The normalized spacial score (nSPS) is 12.7. The number of carboxylic acids is 1. The largest absolute Gasteiger partial charge is 0.548 e. The van der Waals surface area contributed by atoms with E-state index in [-0.39, 0.29) is 18.4 Å². The molecule has 0 aromatic rings. The molecule has 0 heterocycles. The quantitative estimate of drug-likeness (QED) is 0.565. The summed E-state index contributed by atoms with van der Waals surface area (Å²) in [5, 5.41) is 16.4. The van der Waals surface area contributed by atoms with Crippen molar-refractivity contribution in [2.24, 2.45) is 5.92 Å². The third-order valence-corrected chi connectivity index (χ3v) is 2.74. The molecule has 0 fully saturated rings. The van der Waals surface area contributed by atoms with Gasteiger partial charge in [0.2, 0.25) is 5.91 Å². The molecule has 0 saturated carbocycles. The number of carboxylic acid groups (broad SMARTS) is 1. The summed E-state index contributed by atoms with van der Waals surface area (Å²) < 4.78 is 0.